The molecule has 3 aromatic rings. The quantitative estimate of drug-likeness (QED) is 0.612. The van der Waals surface area contributed by atoms with Crippen molar-refractivity contribution in [2.75, 3.05) is 11.5 Å². The summed E-state index contributed by atoms with van der Waals surface area (Å²) in [6.45, 7) is 5.54. The van der Waals surface area contributed by atoms with Crippen LogP contribution in [0, 0.1) is 20.8 Å². The van der Waals surface area contributed by atoms with Gasteiger partial charge in [0.2, 0.25) is 5.91 Å². The third-order valence-electron chi connectivity index (χ3n) is 5.59. The van der Waals surface area contributed by atoms with Gasteiger partial charge in [0.05, 0.1) is 35.6 Å². The molecule has 1 fully saturated rings. The van der Waals surface area contributed by atoms with Gasteiger partial charge in [0, 0.05) is 16.8 Å². The maximum absolute atomic E-state index is 12.5. The molecule has 0 spiro atoms. The SMILES string of the molecule is Cc1oc2cc3oc(=O)c(CC(=O)N[C@@H]4CS(=O)(=O)C[C@H]4O)c(C)c3cc2c1C. The molecule has 9 heteroatoms. The molecular formula is C20H21NO7S. The van der Waals surface area contributed by atoms with Crippen molar-refractivity contribution in [1.82, 2.24) is 5.32 Å². The van der Waals surface area contributed by atoms with Crippen LogP contribution < -0.4 is 10.9 Å². The number of benzene rings is 1. The molecule has 0 saturated carbocycles. The fraction of sp³-hybridized carbons (Fsp3) is 0.400. The number of carbonyl (C=O) groups is 1. The first kappa shape index (κ1) is 19.7. The Hall–Kier alpha value is -2.65. The Morgan fingerprint density at radius 2 is 1.76 bits per heavy atom. The van der Waals surface area contributed by atoms with Crippen molar-refractivity contribution < 1.29 is 27.2 Å². The van der Waals surface area contributed by atoms with Crippen molar-refractivity contribution in [3.63, 3.8) is 0 Å². The van der Waals surface area contributed by atoms with Crippen LogP contribution >= 0.6 is 0 Å². The minimum absolute atomic E-state index is 0.197. The standard InChI is InChI=1S/C20H21NO7S/c1-9-11(3)27-17-6-18-13(4-12(9)17)10(2)14(20(24)28-18)5-19(23)21-15-7-29(25,26)8-16(15)22/h4,6,15-16,22H,5,7-8H2,1-3H3,(H,21,23)/t15-,16-/m1/s1. The van der Waals surface area contributed by atoms with Gasteiger partial charge in [-0.3, -0.25) is 4.79 Å². The Bertz CT molecular complexity index is 1320. The summed E-state index contributed by atoms with van der Waals surface area (Å²) >= 11 is 0. The molecule has 1 aromatic carbocycles. The lowest BCUT2D eigenvalue weighted by atomic mass is 10.0. The van der Waals surface area contributed by atoms with Crippen molar-refractivity contribution in [3.05, 3.63) is 45.0 Å². The molecule has 0 aliphatic carbocycles. The van der Waals surface area contributed by atoms with Crippen LogP contribution in [0.4, 0.5) is 0 Å². The van der Waals surface area contributed by atoms with E-state index >= 15 is 0 Å². The zero-order valence-electron chi connectivity index (χ0n) is 16.2. The second-order valence-corrected chi connectivity index (χ2v) is 9.77. The number of carbonyl (C=O) groups excluding carboxylic acids is 1. The van der Waals surface area contributed by atoms with Gasteiger partial charge in [-0.15, -0.1) is 0 Å². The Labute approximate surface area is 166 Å². The molecule has 2 atom stereocenters. The lowest BCUT2D eigenvalue weighted by Crippen LogP contribution is -2.43. The van der Waals surface area contributed by atoms with E-state index in [2.05, 4.69) is 5.32 Å². The van der Waals surface area contributed by atoms with Gasteiger partial charge >= 0.3 is 5.63 Å². The molecule has 1 aliphatic heterocycles. The summed E-state index contributed by atoms with van der Waals surface area (Å²) in [6, 6.07) is 2.67. The molecule has 154 valence electrons. The van der Waals surface area contributed by atoms with Crippen LogP contribution in [0.1, 0.15) is 22.5 Å². The first-order valence-electron chi connectivity index (χ1n) is 9.19. The van der Waals surface area contributed by atoms with E-state index in [1.807, 2.05) is 19.9 Å². The van der Waals surface area contributed by atoms with Crippen LogP contribution in [0.5, 0.6) is 0 Å². The maximum Gasteiger partial charge on any atom is 0.340 e. The summed E-state index contributed by atoms with van der Waals surface area (Å²) in [6.07, 6.45) is -1.42. The van der Waals surface area contributed by atoms with Gasteiger partial charge in [-0.25, -0.2) is 13.2 Å². The molecule has 4 rings (SSSR count). The summed E-state index contributed by atoms with van der Waals surface area (Å²) in [5.41, 5.74) is 2.16. The molecule has 1 aliphatic rings. The van der Waals surface area contributed by atoms with Crippen LogP contribution in [0.15, 0.2) is 25.8 Å². The van der Waals surface area contributed by atoms with E-state index in [9.17, 15) is 23.1 Å². The Kier molecular flexibility index (Phi) is 4.54. The second kappa shape index (κ2) is 6.70. The lowest BCUT2D eigenvalue weighted by Gasteiger charge is -2.15. The van der Waals surface area contributed by atoms with E-state index in [1.165, 1.54) is 0 Å². The van der Waals surface area contributed by atoms with Crippen molar-refractivity contribution in [1.29, 1.82) is 0 Å². The van der Waals surface area contributed by atoms with Crippen molar-refractivity contribution >= 4 is 37.7 Å². The largest absolute Gasteiger partial charge is 0.461 e. The second-order valence-electron chi connectivity index (χ2n) is 7.62. The third-order valence-corrected chi connectivity index (χ3v) is 7.31. The topological polar surface area (TPSA) is 127 Å². The van der Waals surface area contributed by atoms with Crippen LogP contribution in [0.25, 0.3) is 21.9 Å². The maximum atomic E-state index is 12.5. The van der Waals surface area contributed by atoms with Crippen LogP contribution in [-0.2, 0) is 21.1 Å². The van der Waals surface area contributed by atoms with Crippen LogP contribution in [0.2, 0.25) is 0 Å². The number of hydrogen-bond donors (Lipinski definition) is 2. The Balaban J connectivity index is 1.68. The number of nitrogens with one attached hydrogen (secondary N) is 1. The molecule has 29 heavy (non-hydrogen) atoms. The van der Waals surface area contributed by atoms with Gasteiger partial charge in [0.25, 0.3) is 0 Å². The average molecular weight is 419 g/mol. The zero-order valence-corrected chi connectivity index (χ0v) is 17.1. The third kappa shape index (κ3) is 3.44. The smallest absolute Gasteiger partial charge is 0.340 e. The molecule has 3 heterocycles. The van der Waals surface area contributed by atoms with E-state index in [4.69, 9.17) is 8.83 Å². The van der Waals surface area contributed by atoms with Gasteiger partial charge in [-0.1, -0.05) is 0 Å². The molecule has 0 unspecified atom stereocenters. The number of sulfone groups is 1. The number of hydrogen-bond acceptors (Lipinski definition) is 7. The summed E-state index contributed by atoms with van der Waals surface area (Å²) < 4.78 is 34.3. The summed E-state index contributed by atoms with van der Waals surface area (Å²) in [4.78, 5) is 24.9. The summed E-state index contributed by atoms with van der Waals surface area (Å²) in [7, 11) is -3.39. The zero-order chi connectivity index (χ0) is 21.1. The van der Waals surface area contributed by atoms with E-state index in [-0.39, 0.29) is 23.5 Å². The van der Waals surface area contributed by atoms with Crippen molar-refractivity contribution in [2.24, 2.45) is 0 Å². The number of fused-ring (bicyclic) bond motifs is 2. The van der Waals surface area contributed by atoms with E-state index < -0.39 is 33.5 Å². The van der Waals surface area contributed by atoms with E-state index in [0.717, 1.165) is 16.7 Å². The fourth-order valence-electron chi connectivity index (χ4n) is 3.81. The first-order chi connectivity index (χ1) is 13.6. The first-order valence-corrected chi connectivity index (χ1v) is 11.0. The molecule has 0 radical (unpaired) electrons. The number of amides is 1. The normalized spacial score (nSPS) is 21.1. The highest BCUT2D eigenvalue weighted by Crippen LogP contribution is 2.31. The number of aliphatic hydroxyl groups is 1. The lowest BCUT2D eigenvalue weighted by molar-refractivity contribution is -0.121. The summed E-state index contributed by atoms with van der Waals surface area (Å²) in [5, 5.41) is 14.0. The van der Waals surface area contributed by atoms with Gasteiger partial charge in [0.15, 0.2) is 9.84 Å². The average Bonchev–Trinajstić information content (AvgIpc) is 3.04. The number of aryl methyl sites for hydroxylation is 3. The van der Waals surface area contributed by atoms with E-state index in [0.29, 0.717) is 22.1 Å². The van der Waals surface area contributed by atoms with Gasteiger partial charge in [0.1, 0.15) is 16.9 Å². The van der Waals surface area contributed by atoms with Gasteiger partial charge < -0.3 is 19.3 Å². The minimum atomic E-state index is -3.39. The van der Waals surface area contributed by atoms with Crippen molar-refractivity contribution in [2.45, 2.75) is 39.3 Å². The molecular weight excluding hydrogens is 398 g/mol. The van der Waals surface area contributed by atoms with E-state index in [1.54, 1.807) is 13.0 Å². The highest BCUT2D eigenvalue weighted by molar-refractivity contribution is 7.91. The monoisotopic (exact) mass is 419 g/mol. The molecule has 8 nitrogen and oxygen atoms in total. The number of furan rings is 1. The minimum Gasteiger partial charge on any atom is -0.461 e. The van der Waals surface area contributed by atoms with Gasteiger partial charge in [-0.05, 0) is 38.0 Å². The molecule has 2 aromatic heterocycles. The summed E-state index contributed by atoms with van der Waals surface area (Å²) in [5.74, 6) is -0.464. The highest BCUT2D eigenvalue weighted by Gasteiger charge is 2.37. The predicted molar refractivity (Wildman–Crippen MR) is 107 cm³/mol. The fourth-order valence-corrected chi connectivity index (χ4v) is 5.56. The van der Waals surface area contributed by atoms with Crippen LogP contribution in [-0.4, -0.2) is 43.1 Å². The van der Waals surface area contributed by atoms with Crippen molar-refractivity contribution in [3.8, 4) is 0 Å². The molecule has 0 bridgehead atoms. The Morgan fingerprint density at radius 1 is 1.10 bits per heavy atom. The molecule has 1 saturated heterocycles. The number of rotatable bonds is 3. The predicted octanol–water partition coefficient (Wildman–Crippen LogP) is 1.28. The molecule has 2 N–H and O–H groups in total. The molecule has 1 amide bonds. The van der Waals surface area contributed by atoms with Crippen LogP contribution in [0.3, 0.4) is 0 Å². The van der Waals surface area contributed by atoms with Gasteiger partial charge in [-0.2, -0.15) is 0 Å². The highest BCUT2D eigenvalue weighted by atomic mass is 32.2. The number of aliphatic hydroxyl groups excluding tert-OH is 1. The Morgan fingerprint density at radius 3 is 2.41 bits per heavy atom.